The van der Waals surface area contributed by atoms with Crippen molar-refractivity contribution in [2.45, 2.75) is 45.4 Å². The number of nitrogens with two attached hydrogens (primary N) is 1. The summed E-state index contributed by atoms with van der Waals surface area (Å²) in [6.45, 7) is 4.21. The maximum atomic E-state index is 9.97. The van der Waals surface area contributed by atoms with Gasteiger partial charge < -0.3 is 14.9 Å². The summed E-state index contributed by atoms with van der Waals surface area (Å²) in [6, 6.07) is 6.29. The number of hydrogen-bond acceptors (Lipinski definition) is 4. The van der Waals surface area contributed by atoms with Crippen LogP contribution in [-0.4, -0.2) is 22.5 Å². The molecule has 0 fully saturated rings. The number of phenolic OH excluding ortho intramolecular Hbond substituents is 1. The Hall–Kier alpha value is -1.26. The summed E-state index contributed by atoms with van der Waals surface area (Å²) >= 11 is 0. The summed E-state index contributed by atoms with van der Waals surface area (Å²) < 4.78 is 5.44. The van der Waals surface area contributed by atoms with Gasteiger partial charge in [-0.2, -0.15) is 0 Å². The molecule has 0 radical (unpaired) electrons. The average Bonchev–Trinajstić information content (AvgIpc) is 2.38. The summed E-state index contributed by atoms with van der Waals surface area (Å²) in [7, 11) is 0. The van der Waals surface area contributed by atoms with Crippen LogP contribution < -0.4 is 10.5 Å². The van der Waals surface area contributed by atoms with Gasteiger partial charge in [-0.3, -0.25) is 5.73 Å². The van der Waals surface area contributed by atoms with Crippen LogP contribution in [0.4, 0.5) is 0 Å². The maximum absolute atomic E-state index is 9.97. The standard InChI is InChI=1S/C14H23NO3/c1-3-10(4-2)9-13(17)14(15)18-12-7-5-11(16)6-8-12/h5-8,10,13-14,16-17H,3-4,9,15H2,1-2H3. The van der Waals surface area contributed by atoms with E-state index in [1.807, 2.05) is 0 Å². The van der Waals surface area contributed by atoms with Crippen molar-refractivity contribution in [3.8, 4) is 11.5 Å². The summed E-state index contributed by atoms with van der Waals surface area (Å²) in [6.07, 6.45) is 1.28. The molecular weight excluding hydrogens is 230 g/mol. The third-order valence-electron chi connectivity index (χ3n) is 3.22. The van der Waals surface area contributed by atoms with E-state index in [2.05, 4.69) is 13.8 Å². The Labute approximate surface area is 108 Å². The van der Waals surface area contributed by atoms with Gasteiger partial charge in [0.2, 0.25) is 0 Å². The molecule has 0 aliphatic heterocycles. The molecule has 0 saturated carbocycles. The zero-order valence-electron chi connectivity index (χ0n) is 11.0. The van der Waals surface area contributed by atoms with Crippen molar-refractivity contribution in [3.05, 3.63) is 24.3 Å². The zero-order chi connectivity index (χ0) is 13.5. The molecule has 1 aromatic carbocycles. The number of ether oxygens (including phenoxy) is 1. The molecule has 1 rings (SSSR count). The fourth-order valence-corrected chi connectivity index (χ4v) is 1.86. The molecule has 18 heavy (non-hydrogen) atoms. The highest BCUT2D eigenvalue weighted by molar-refractivity contribution is 5.30. The molecule has 102 valence electrons. The third-order valence-corrected chi connectivity index (χ3v) is 3.22. The lowest BCUT2D eigenvalue weighted by Crippen LogP contribution is -2.40. The third kappa shape index (κ3) is 4.55. The Morgan fingerprint density at radius 1 is 1.17 bits per heavy atom. The highest BCUT2D eigenvalue weighted by atomic mass is 16.5. The van der Waals surface area contributed by atoms with Gasteiger partial charge in [0.05, 0.1) is 0 Å². The zero-order valence-corrected chi connectivity index (χ0v) is 11.0. The first-order valence-corrected chi connectivity index (χ1v) is 6.46. The van der Waals surface area contributed by atoms with E-state index in [4.69, 9.17) is 15.6 Å². The first kappa shape index (κ1) is 14.8. The first-order chi connectivity index (χ1) is 8.56. The summed E-state index contributed by atoms with van der Waals surface area (Å²) in [5.74, 6) is 1.19. The van der Waals surface area contributed by atoms with E-state index in [0.717, 1.165) is 12.8 Å². The van der Waals surface area contributed by atoms with E-state index < -0.39 is 12.3 Å². The normalized spacial score (nSPS) is 14.5. The van der Waals surface area contributed by atoms with Gasteiger partial charge in [-0.05, 0) is 36.6 Å². The molecule has 2 atom stereocenters. The Kier molecular flexibility index (Phi) is 5.95. The van der Waals surface area contributed by atoms with Gasteiger partial charge >= 0.3 is 0 Å². The van der Waals surface area contributed by atoms with Gasteiger partial charge in [-0.15, -0.1) is 0 Å². The molecule has 0 aromatic heterocycles. The van der Waals surface area contributed by atoms with Crippen molar-refractivity contribution in [1.82, 2.24) is 0 Å². The predicted octanol–water partition coefficient (Wildman–Crippen LogP) is 2.24. The molecule has 0 aliphatic carbocycles. The minimum Gasteiger partial charge on any atom is -0.508 e. The van der Waals surface area contributed by atoms with E-state index in [9.17, 15) is 5.11 Å². The largest absolute Gasteiger partial charge is 0.508 e. The van der Waals surface area contributed by atoms with E-state index in [0.29, 0.717) is 18.1 Å². The smallest absolute Gasteiger partial charge is 0.173 e. The van der Waals surface area contributed by atoms with E-state index >= 15 is 0 Å². The molecule has 0 saturated heterocycles. The molecule has 2 unspecified atom stereocenters. The summed E-state index contributed by atoms with van der Waals surface area (Å²) in [5, 5.41) is 19.1. The molecule has 4 heteroatoms. The minimum atomic E-state index is -0.741. The second-order valence-corrected chi connectivity index (χ2v) is 4.56. The van der Waals surface area contributed by atoms with E-state index in [1.165, 1.54) is 12.1 Å². The second kappa shape index (κ2) is 7.24. The Balaban J connectivity index is 2.48. The summed E-state index contributed by atoms with van der Waals surface area (Å²) in [4.78, 5) is 0. The Morgan fingerprint density at radius 3 is 2.22 bits per heavy atom. The monoisotopic (exact) mass is 253 g/mol. The molecule has 0 heterocycles. The first-order valence-electron chi connectivity index (χ1n) is 6.46. The molecule has 0 amide bonds. The van der Waals surface area contributed by atoms with Crippen molar-refractivity contribution in [3.63, 3.8) is 0 Å². The van der Waals surface area contributed by atoms with Gasteiger partial charge in [0.1, 0.15) is 17.6 Å². The lowest BCUT2D eigenvalue weighted by Gasteiger charge is -2.23. The lowest BCUT2D eigenvalue weighted by molar-refractivity contribution is 0.0229. The number of benzene rings is 1. The minimum absolute atomic E-state index is 0.175. The SMILES string of the molecule is CCC(CC)CC(O)C(N)Oc1ccc(O)cc1. The van der Waals surface area contributed by atoms with Crippen molar-refractivity contribution in [2.24, 2.45) is 11.7 Å². The highest BCUT2D eigenvalue weighted by Crippen LogP contribution is 2.20. The van der Waals surface area contributed by atoms with Crippen LogP contribution in [0.1, 0.15) is 33.1 Å². The highest BCUT2D eigenvalue weighted by Gasteiger charge is 2.19. The number of aliphatic hydroxyl groups excluding tert-OH is 1. The van der Waals surface area contributed by atoms with Crippen molar-refractivity contribution in [2.75, 3.05) is 0 Å². The van der Waals surface area contributed by atoms with Gasteiger partial charge in [-0.25, -0.2) is 0 Å². The molecule has 1 aromatic rings. The van der Waals surface area contributed by atoms with Crippen LogP contribution in [0.5, 0.6) is 11.5 Å². The number of rotatable bonds is 7. The van der Waals surface area contributed by atoms with Crippen LogP contribution in [0, 0.1) is 5.92 Å². The van der Waals surface area contributed by atoms with Crippen molar-refractivity contribution >= 4 is 0 Å². The number of aromatic hydroxyl groups is 1. The predicted molar refractivity (Wildman–Crippen MR) is 71.4 cm³/mol. The van der Waals surface area contributed by atoms with Gasteiger partial charge in [-0.1, -0.05) is 26.7 Å². The van der Waals surface area contributed by atoms with Crippen LogP contribution in [0.15, 0.2) is 24.3 Å². The Bertz CT molecular complexity index is 335. The summed E-state index contributed by atoms with van der Waals surface area (Å²) in [5.41, 5.74) is 5.81. The molecule has 4 N–H and O–H groups in total. The fraction of sp³-hybridized carbons (Fsp3) is 0.571. The number of phenols is 1. The average molecular weight is 253 g/mol. The van der Waals surface area contributed by atoms with Crippen LogP contribution in [-0.2, 0) is 0 Å². The molecule has 0 spiro atoms. The van der Waals surface area contributed by atoms with Gasteiger partial charge in [0.25, 0.3) is 0 Å². The second-order valence-electron chi connectivity index (χ2n) is 4.56. The van der Waals surface area contributed by atoms with Crippen LogP contribution in [0.25, 0.3) is 0 Å². The van der Waals surface area contributed by atoms with E-state index in [1.54, 1.807) is 12.1 Å². The lowest BCUT2D eigenvalue weighted by atomic mass is 9.95. The fourth-order valence-electron chi connectivity index (χ4n) is 1.86. The molecular formula is C14H23NO3. The van der Waals surface area contributed by atoms with E-state index in [-0.39, 0.29) is 5.75 Å². The Morgan fingerprint density at radius 2 is 1.72 bits per heavy atom. The molecule has 0 bridgehead atoms. The van der Waals surface area contributed by atoms with Gasteiger partial charge in [0.15, 0.2) is 6.23 Å². The quantitative estimate of drug-likeness (QED) is 0.651. The molecule has 4 nitrogen and oxygen atoms in total. The maximum Gasteiger partial charge on any atom is 0.173 e. The van der Waals surface area contributed by atoms with Crippen molar-refractivity contribution < 1.29 is 14.9 Å². The number of hydrogen-bond donors (Lipinski definition) is 3. The topological polar surface area (TPSA) is 75.7 Å². The van der Waals surface area contributed by atoms with Crippen LogP contribution in [0.3, 0.4) is 0 Å². The number of aliphatic hydroxyl groups is 1. The van der Waals surface area contributed by atoms with Crippen LogP contribution in [0.2, 0.25) is 0 Å². The van der Waals surface area contributed by atoms with Gasteiger partial charge in [0, 0.05) is 0 Å². The molecule has 0 aliphatic rings. The van der Waals surface area contributed by atoms with Crippen LogP contribution >= 0.6 is 0 Å². The van der Waals surface area contributed by atoms with Crippen molar-refractivity contribution in [1.29, 1.82) is 0 Å².